The standard InChI is InChI=1S/C25H24ClN3O4S/c1-28(2)25(31)20-9-5-6-10-23(20)27-24(30)21-15-19(11-12-22(21)26)34(32,33)29-14-13-17-7-3-4-8-18(17)16-29/h3-12,15H,13-14,16H2,1-2H3,(H,27,30). The summed E-state index contributed by atoms with van der Waals surface area (Å²) in [6.45, 7) is 0.617. The van der Waals surface area contributed by atoms with Crippen LogP contribution in [-0.2, 0) is 23.0 Å². The first-order chi connectivity index (χ1) is 16.2. The summed E-state index contributed by atoms with van der Waals surface area (Å²) in [5.74, 6) is -0.881. The Bertz CT molecular complexity index is 1370. The Morgan fingerprint density at radius 1 is 0.941 bits per heavy atom. The number of carbonyl (C=O) groups excluding carboxylic acids is 2. The average Bonchev–Trinajstić information content (AvgIpc) is 2.83. The third-order valence-electron chi connectivity index (χ3n) is 5.73. The van der Waals surface area contributed by atoms with E-state index in [1.165, 1.54) is 27.4 Å². The first-order valence-electron chi connectivity index (χ1n) is 10.7. The molecule has 0 atom stereocenters. The van der Waals surface area contributed by atoms with Gasteiger partial charge in [-0.2, -0.15) is 4.31 Å². The molecule has 1 aliphatic heterocycles. The van der Waals surface area contributed by atoms with Gasteiger partial charge in [0.25, 0.3) is 11.8 Å². The van der Waals surface area contributed by atoms with Gasteiger partial charge in [-0.15, -0.1) is 0 Å². The molecule has 9 heteroatoms. The molecule has 2 amide bonds. The lowest BCUT2D eigenvalue weighted by Crippen LogP contribution is -2.36. The smallest absolute Gasteiger partial charge is 0.257 e. The van der Waals surface area contributed by atoms with E-state index in [4.69, 9.17) is 11.6 Å². The Kier molecular flexibility index (Phi) is 6.74. The van der Waals surface area contributed by atoms with Crippen LogP contribution in [0.3, 0.4) is 0 Å². The Morgan fingerprint density at radius 2 is 1.62 bits per heavy atom. The fourth-order valence-electron chi connectivity index (χ4n) is 3.87. The number of hydrogen-bond donors (Lipinski definition) is 1. The zero-order valence-electron chi connectivity index (χ0n) is 18.8. The van der Waals surface area contributed by atoms with Crippen LogP contribution in [0.1, 0.15) is 31.8 Å². The van der Waals surface area contributed by atoms with Gasteiger partial charge in [0.1, 0.15) is 0 Å². The van der Waals surface area contributed by atoms with E-state index in [0.717, 1.165) is 11.1 Å². The molecule has 34 heavy (non-hydrogen) atoms. The Morgan fingerprint density at radius 3 is 2.35 bits per heavy atom. The molecule has 1 heterocycles. The SMILES string of the molecule is CN(C)C(=O)c1ccccc1NC(=O)c1cc(S(=O)(=O)N2CCc3ccccc3C2)ccc1Cl. The fraction of sp³-hybridized carbons (Fsp3) is 0.200. The van der Waals surface area contributed by atoms with Crippen LogP contribution in [0.2, 0.25) is 5.02 Å². The molecular weight excluding hydrogens is 474 g/mol. The predicted octanol–water partition coefficient (Wildman–Crippen LogP) is 4.04. The van der Waals surface area contributed by atoms with Gasteiger partial charge in [-0.25, -0.2) is 8.42 Å². The normalized spacial score (nSPS) is 13.7. The highest BCUT2D eigenvalue weighted by Crippen LogP contribution is 2.28. The first-order valence-corrected chi connectivity index (χ1v) is 12.5. The largest absolute Gasteiger partial charge is 0.345 e. The Hall–Kier alpha value is -3.20. The van der Waals surface area contributed by atoms with Crippen molar-refractivity contribution in [3.63, 3.8) is 0 Å². The van der Waals surface area contributed by atoms with Gasteiger partial charge >= 0.3 is 0 Å². The fourth-order valence-corrected chi connectivity index (χ4v) is 5.52. The zero-order valence-corrected chi connectivity index (χ0v) is 20.4. The highest BCUT2D eigenvalue weighted by Gasteiger charge is 2.29. The molecule has 0 aromatic heterocycles. The minimum atomic E-state index is -3.85. The summed E-state index contributed by atoms with van der Waals surface area (Å²) in [4.78, 5) is 26.9. The second kappa shape index (κ2) is 9.58. The van der Waals surface area contributed by atoms with E-state index < -0.39 is 15.9 Å². The number of para-hydroxylation sites is 1. The van der Waals surface area contributed by atoms with Crippen LogP contribution in [0.4, 0.5) is 5.69 Å². The first kappa shape index (κ1) is 23.9. The van der Waals surface area contributed by atoms with E-state index in [0.29, 0.717) is 24.2 Å². The minimum Gasteiger partial charge on any atom is -0.345 e. The van der Waals surface area contributed by atoms with Crippen LogP contribution in [0.15, 0.2) is 71.6 Å². The number of halogens is 1. The summed E-state index contributed by atoms with van der Waals surface area (Å²) in [6.07, 6.45) is 0.618. The van der Waals surface area contributed by atoms with Gasteiger partial charge in [0.15, 0.2) is 0 Å². The molecular formula is C25H24ClN3O4S. The summed E-state index contributed by atoms with van der Waals surface area (Å²) in [7, 11) is -0.617. The summed E-state index contributed by atoms with van der Waals surface area (Å²) in [5.41, 5.74) is 2.73. The highest BCUT2D eigenvalue weighted by atomic mass is 35.5. The predicted molar refractivity (Wildman–Crippen MR) is 132 cm³/mol. The average molecular weight is 498 g/mol. The molecule has 3 aromatic carbocycles. The lowest BCUT2D eigenvalue weighted by molar-refractivity contribution is 0.0828. The van der Waals surface area contributed by atoms with Crippen molar-refractivity contribution in [2.45, 2.75) is 17.9 Å². The van der Waals surface area contributed by atoms with Crippen molar-refractivity contribution >= 4 is 39.1 Å². The maximum atomic E-state index is 13.4. The van der Waals surface area contributed by atoms with Crippen molar-refractivity contribution in [2.24, 2.45) is 0 Å². The van der Waals surface area contributed by atoms with Crippen molar-refractivity contribution in [1.29, 1.82) is 0 Å². The van der Waals surface area contributed by atoms with Crippen LogP contribution >= 0.6 is 11.6 Å². The summed E-state index contributed by atoms with van der Waals surface area (Å²) < 4.78 is 28.1. The Labute approximate surface area is 204 Å². The molecule has 0 bridgehead atoms. The van der Waals surface area contributed by atoms with Gasteiger partial charge < -0.3 is 10.2 Å². The third kappa shape index (κ3) is 4.70. The molecule has 0 unspecified atom stereocenters. The zero-order chi connectivity index (χ0) is 24.5. The second-order valence-corrected chi connectivity index (χ2v) is 10.5. The minimum absolute atomic E-state index is 0.00672. The number of nitrogens with zero attached hydrogens (tertiary/aromatic N) is 2. The third-order valence-corrected chi connectivity index (χ3v) is 7.90. The molecule has 0 radical (unpaired) electrons. The number of sulfonamides is 1. The number of benzene rings is 3. The van der Waals surface area contributed by atoms with Gasteiger partial charge in [0.05, 0.1) is 26.7 Å². The van der Waals surface area contributed by atoms with E-state index in [1.54, 1.807) is 38.4 Å². The van der Waals surface area contributed by atoms with E-state index >= 15 is 0 Å². The van der Waals surface area contributed by atoms with Crippen LogP contribution in [0, 0.1) is 0 Å². The second-order valence-electron chi connectivity index (χ2n) is 8.20. The van der Waals surface area contributed by atoms with Gasteiger partial charge in [-0.05, 0) is 47.9 Å². The van der Waals surface area contributed by atoms with Crippen molar-refractivity contribution in [3.05, 3.63) is 94.0 Å². The number of amides is 2. The molecule has 1 N–H and O–H groups in total. The van der Waals surface area contributed by atoms with Crippen molar-refractivity contribution in [3.8, 4) is 0 Å². The molecule has 0 saturated carbocycles. The summed E-state index contributed by atoms with van der Waals surface area (Å²) in [5, 5.41) is 2.80. The van der Waals surface area contributed by atoms with Crippen LogP contribution in [0.5, 0.6) is 0 Å². The molecule has 4 rings (SSSR count). The summed E-state index contributed by atoms with van der Waals surface area (Å²) in [6, 6.07) is 18.4. The van der Waals surface area contributed by atoms with E-state index in [9.17, 15) is 18.0 Å². The number of hydrogen-bond acceptors (Lipinski definition) is 4. The van der Waals surface area contributed by atoms with Gasteiger partial charge in [0.2, 0.25) is 10.0 Å². The lowest BCUT2D eigenvalue weighted by atomic mass is 10.0. The maximum Gasteiger partial charge on any atom is 0.257 e. The molecule has 1 aliphatic rings. The quantitative estimate of drug-likeness (QED) is 0.576. The monoisotopic (exact) mass is 497 g/mol. The van der Waals surface area contributed by atoms with E-state index in [1.807, 2.05) is 24.3 Å². The number of nitrogens with one attached hydrogen (secondary N) is 1. The van der Waals surface area contributed by atoms with Gasteiger partial charge in [0, 0.05) is 27.2 Å². The van der Waals surface area contributed by atoms with Crippen molar-refractivity contribution in [2.75, 3.05) is 26.0 Å². The number of carbonyl (C=O) groups is 2. The topological polar surface area (TPSA) is 86.8 Å². The van der Waals surface area contributed by atoms with E-state index in [2.05, 4.69) is 5.32 Å². The van der Waals surface area contributed by atoms with Gasteiger partial charge in [-0.3, -0.25) is 9.59 Å². The van der Waals surface area contributed by atoms with Crippen LogP contribution < -0.4 is 5.32 Å². The number of rotatable bonds is 5. The van der Waals surface area contributed by atoms with Crippen molar-refractivity contribution in [1.82, 2.24) is 9.21 Å². The molecule has 0 aliphatic carbocycles. The molecule has 0 saturated heterocycles. The highest BCUT2D eigenvalue weighted by molar-refractivity contribution is 7.89. The molecule has 3 aromatic rings. The van der Waals surface area contributed by atoms with Crippen molar-refractivity contribution < 1.29 is 18.0 Å². The Balaban J connectivity index is 1.62. The van der Waals surface area contributed by atoms with Crippen LogP contribution in [-0.4, -0.2) is 50.1 Å². The maximum absolute atomic E-state index is 13.4. The molecule has 0 spiro atoms. The van der Waals surface area contributed by atoms with Gasteiger partial charge in [-0.1, -0.05) is 48.0 Å². The number of anilines is 1. The summed E-state index contributed by atoms with van der Waals surface area (Å²) >= 11 is 6.27. The number of fused-ring (bicyclic) bond motifs is 1. The lowest BCUT2D eigenvalue weighted by Gasteiger charge is -2.28. The van der Waals surface area contributed by atoms with E-state index in [-0.39, 0.29) is 27.9 Å². The molecule has 7 nitrogen and oxygen atoms in total. The van der Waals surface area contributed by atoms with Crippen LogP contribution in [0.25, 0.3) is 0 Å². The molecule has 176 valence electrons. The molecule has 0 fully saturated rings.